The molecule has 92 valence electrons. The van der Waals surface area contributed by atoms with E-state index in [0.29, 0.717) is 17.7 Å². The SMILES string of the molecule is CC(C)(O)C1Cc2c(ccc(C(=O)O)c2O)O1. The molecule has 0 saturated heterocycles. The number of benzene rings is 1. The van der Waals surface area contributed by atoms with Crippen LogP contribution in [-0.2, 0) is 6.42 Å². The molecule has 1 unspecified atom stereocenters. The fourth-order valence-electron chi connectivity index (χ4n) is 1.87. The van der Waals surface area contributed by atoms with E-state index in [1.165, 1.54) is 12.1 Å². The van der Waals surface area contributed by atoms with Gasteiger partial charge in [-0.25, -0.2) is 4.79 Å². The number of aromatic hydroxyl groups is 1. The summed E-state index contributed by atoms with van der Waals surface area (Å²) in [5.41, 5.74) is -0.754. The lowest BCUT2D eigenvalue weighted by Crippen LogP contribution is -2.39. The Balaban J connectivity index is 2.40. The minimum absolute atomic E-state index is 0.149. The van der Waals surface area contributed by atoms with Gasteiger partial charge < -0.3 is 20.1 Å². The molecule has 5 heteroatoms. The third-order valence-corrected chi connectivity index (χ3v) is 2.92. The van der Waals surface area contributed by atoms with Crippen LogP contribution in [0.5, 0.6) is 11.5 Å². The maximum absolute atomic E-state index is 10.8. The van der Waals surface area contributed by atoms with Crippen molar-refractivity contribution in [3.05, 3.63) is 23.3 Å². The summed E-state index contributed by atoms with van der Waals surface area (Å²) in [5.74, 6) is -1.03. The Hall–Kier alpha value is -1.75. The van der Waals surface area contributed by atoms with Crippen molar-refractivity contribution in [3.63, 3.8) is 0 Å². The van der Waals surface area contributed by atoms with Gasteiger partial charge in [0.2, 0.25) is 0 Å². The topological polar surface area (TPSA) is 87.0 Å². The average molecular weight is 238 g/mol. The molecule has 0 bridgehead atoms. The highest BCUT2D eigenvalue weighted by Crippen LogP contribution is 2.40. The number of rotatable bonds is 2. The number of hydrogen-bond acceptors (Lipinski definition) is 4. The third-order valence-electron chi connectivity index (χ3n) is 2.92. The van der Waals surface area contributed by atoms with Gasteiger partial charge in [0.15, 0.2) is 0 Å². The predicted octanol–water partition coefficient (Wildman–Crippen LogP) is 1.16. The number of carbonyl (C=O) groups is 1. The highest BCUT2D eigenvalue weighted by atomic mass is 16.5. The Kier molecular flexibility index (Phi) is 2.50. The van der Waals surface area contributed by atoms with E-state index in [4.69, 9.17) is 9.84 Å². The van der Waals surface area contributed by atoms with Crippen LogP contribution >= 0.6 is 0 Å². The molecule has 17 heavy (non-hydrogen) atoms. The van der Waals surface area contributed by atoms with Crippen LogP contribution < -0.4 is 4.74 Å². The van der Waals surface area contributed by atoms with Crippen molar-refractivity contribution in [2.45, 2.75) is 32.0 Å². The zero-order chi connectivity index (χ0) is 12.8. The van der Waals surface area contributed by atoms with E-state index in [2.05, 4.69) is 0 Å². The second-order valence-electron chi connectivity index (χ2n) is 4.71. The van der Waals surface area contributed by atoms with Crippen LogP contribution in [0.2, 0.25) is 0 Å². The molecule has 1 aromatic rings. The normalized spacial score (nSPS) is 18.6. The summed E-state index contributed by atoms with van der Waals surface area (Å²) in [6, 6.07) is 2.80. The minimum atomic E-state index is -1.18. The average Bonchev–Trinajstić information content (AvgIpc) is 2.61. The van der Waals surface area contributed by atoms with Crippen molar-refractivity contribution in [2.75, 3.05) is 0 Å². The first kappa shape index (κ1) is 11.7. The summed E-state index contributed by atoms with van der Waals surface area (Å²) in [6.07, 6.45) is -0.182. The standard InChI is InChI=1S/C12H14O5/c1-12(2,16)9-5-7-8(17-9)4-3-6(10(7)13)11(14)15/h3-4,9,13,16H,5H2,1-2H3,(H,14,15). The number of phenols is 1. The molecule has 0 fully saturated rings. The molecule has 1 aromatic carbocycles. The number of carboxylic acids is 1. The number of ether oxygens (including phenoxy) is 1. The van der Waals surface area contributed by atoms with Gasteiger partial charge in [0, 0.05) is 12.0 Å². The first-order valence-corrected chi connectivity index (χ1v) is 5.28. The lowest BCUT2D eigenvalue weighted by molar-refractivity contribution is -0.0229. The maximum Gasteiger partial charge on any atom is 0.339 e. The molecular formula is C12H14O5. The van der Waals surface area contributed by atoms with E-state index in [9.17, 15) is 15.0 Å². The van der Waals surface area contributed by atoms with Gasteiger partial charge in [0.25, 0.3) is 0 Å². The number of hydrogen-bond donors (Lipinski definition) is 3. The summed E-state index contributed by atoms with van der Waals surface area (Å²) in [6.45, 7) is 3.22. The monoisotopic (exact) mass is 238 g/mol. The molecule has 5 nitrogen and oxygen atoms in total. The second kappa shape index (κ2) is 3.63. The van der Waals surface area contributed by atoms with Crippen molar-refractivity contribution < 1.29 is 24.9 Å². The molecule has 0 spiro atoms. The predicted molar refractivity (Wildman–Crippen MR) is 59.5 cm³/mol. The number of aromatic carboxylic acids is 1. The molecular weight excluding hydrogens is 224 g/mol. The van der Waals surface area contributed by atoms with Crippen molar-refractivity contribution >= 4 is 5.97 Å². The van der Waals surface area contributed by atoms with Gasteiger partial charge in [-0.1, -0.05) is 0 Å². The van der Waals surface area contributed by atoms with E-state index in [1.807, 2.05) is 0 Å². The summed E-state index contributed by atoms with van der Waals surface area (Å²) in [5, 5.41) is 28.5. The third kappa shape index (κ3) is 1.93. The molecule has 0 radical (unpaired) electrons. The lowest BCUT2D eigenvalue weighted by atomic mass is 9.96. The smallest absolute Gasteiger partial charge is 0.339 e. The van der Waals surface area contributed by atoms with Crippen LogP contribution in [0.3, 0.4) is 0 Å². The van der Waals surface area contributed by atoms with E-state index >= 15 is 0 Å². The molecule has 3 N–H and O–H groups in total. The largest absolute Gasteiger partial charge is 0.507 e. The van der Waals surface area contributed by atoms with Gasteiger partial charge in [0.1, 0.15) is 23.2 Å². The Morgan fingerprint density at radius 3 is 2.65 bits per heavy atom. The molecule has 1 heterocycles. The van der Waals surface area contributed by atoms with Gasteiger partial charge in [-0.2, -0.15) is 0 Å². The first-order chi connectivity index (χ1) is 7.80. The van der Waals surface area contributed by atoms with Gasteiger partial charge in [-0.15, -0.1) is 0 Å². The number of fused-ring (bicyclic) bond motifs is 1. The van der Waals surface area contributed by atoms with Gasteiger partial charge in [-0.3, -0.25) is 0 Å². The van der Waals surface area contributed by atoms with Crippen LogP contribution in [0.25, 0.3) is 0 Å². The molecule has 1 atom stereocenters. The van der Waals surface area contributed by atoms with Crippen LogP contribution in [0.4, 0.5) is 0 Å². The Morgan fingerprint density at radius 1 is 1.47 bits per heavy atom. The van der Waals surface area contributed by atoms with Crippen molar-refractivity contribution in [3.8, 4) is 11.5 Å². The summed E-state index contributed by atoms with van der Waals surface area (Å²) in [7, 11) is 0. The molecule has 0 saturated carbocycles. The van der Waals surface area contributed by atoms with Crippen LogP contribution in [0.1, 0.15) is 29.8 Å². The molecule has 0 aliphatic carbocycles. The molecule has 0 amide bonds. The Labute approximate surface area is 98.3 Å². The van der Waals surface area contributed by atoms with Crippen LogP contribution in [0, 0.1) is 0 Å². The van der Waals surface area contributed by atoms with Crippen molar-refractivity contribution in [1.82, 2.24) is 0 Å². The zero-order valence-corrected chi connectivity index (χ0v) is 9.60. The molecule has 1 aliphatic rings. The fraction of sp³-hybridized carbons (Fsp3) is 0.417. The highest BCUT2D eigenvalue weighted by Gasteiger charge is 2.37. The Morgan fingerprint density at radius 2 is 2.12 bits per heavy atom. The second-order valence-corrected chi connectivity index (χ2v) is 4.71. The highest BCUT2D eigenvalue weighted by molar-refractivity contribution is 5.91. The van der Waals surface area contributed by atoms with Gasteiger partial charge in [0.05, 0.1) is 5.60 Å². The van der Waals surface area contributed by atoms with Crippen LogP contribution in [-0.4, -0.2) is 33.0 Å². The zero-order valence-electron chi connectivity index (χ0n) is 9.60. The van der Waals surface area contributed by atoms with Gasteiger partial charge in [-0.05, 0) is 26.0 Å². The van der Waals surface area contributed by atoms with Crippen molar-refractivity contribution in [2.24, 2.45) is 0 Å². The summed E-state index contributed by atoms with van der Waals surface area (Å²) < 4.78 is 5.48. The minimum Gasteiger partial charge on any atom is -0.507 e. The van der Waals surface area contributed by atoms with E-state index in [-0.39, 0.29) is 11.3 Å². The summed E-state index contributed by atoms with van der Waals surface area (Å²) in [4.78, 5) is 10.8. The number of aliphatic hydroxyl groups is 1. The van der Waals surface area contributed by atoms with Gasteiger partial charge >= 0.3 is 5.97 Å². The summed E-state index contributed by atoms with van der Waals surface area (Å²) >= 11 is 0. The Bertz CT molecular complexity index is 473. The quantitative estimate of drug-likeness (QED) is 0.719. The molecule has 2 rings (SSSR count). The molecule has 0 aromatic heterocycles. The fourth-order valence-corrected chi connectivity index (χ4v) is 1.87. The van der Waals surface area contributed by atoms with E-state index in [1.54, 1.807) is 13.8 Å². The maximum atomic E-state index is 10.8. The number of carboxylic acid groups (broad SMARTS) is 1. The van der Waals surface area contributed by atoms with E-state index in [0.717, 1.165) is 0 Å². The molecule has 1 aliphatic heterocycles. The lowest BCUT2D eigenvalue weighted by Gasteiger charge is -2.24. The van der Waals surface area contributed by atoms with E-state index < -0.39 is 17.7 Å². The van der Waals surface area contributed by atoms with Crippen molar-refractivity contribution in [1.29, 1.82) is 0 Å². The van der Waals surface area contributed by atoms with Crippen LogP contribution in [0.15, 0.2) is 12.1 Å². The first-order valence-electron chi connectivity index (χ1n) is 5.28.